The number of nitrogens with zero attached hydrogens (tertiary/aromatic N) is 2. The standard InChI is InChI=1S/C14H13BrN4O/c15-10-3-1-2-4-11(10)18-14-16-8-7-12(19-14)13(20)17-9-5-6-9/h1-4,7-9H,5-6H2,(H,17,20)(H,16,18,19). The predicted octanol–water partition coefficient (Wildman–Crippen LogP) is 2.87. The van der Waals surface area contributed by atoms with Gasteiger partial charge in [0.05, 0.1) is 5.69 Å². The summed E-state index contributed by atoms with van der Waals surface area (Å²) in [6.45, 7) is 0. The second-order valence-electron chi connectivity index (χ2n) is 4.62. The highest BCUT2D eigenvalue weighted by Crippen LogP contribution is 2.23. The maximum atomic E-state index is 11.9. The molecule has 1 aliphatic rings. The van der Waals surface area contributed by atoms with Crippen molar-refractivity contribution in [2.45, 2.75) is 18.9 Å². The van der Waals surface area contributed by atoms with Gasteiger partial charge >= 0.3 is 0 Å². The third kappa shape index (κ3) is 3.14. The van der Waals surface area contributed by atoms with E-state index in [0.717, 1.165) is 23.0 Å². The molecule has 0 saturated heterocycles. The molecule has 1 aliphatic carbocycles. The summed E-state index contributed by atoms with van der Waals surface area (Å²) >= 11 is 3.44. The molecular formula is C14H13BrN4O. The summed E-state index contributed by atoms with van der Waals surface area (Å²) in [6, 6.07) is 9.60. The van der Waals surface area contributed by atoms with Crippen LogP contribution >= 0.6 is 15.9 Å². The number of nitrogens with one attached hydrogen (secondary N) is 2. The Bertz CT molecular complexity index is 643. The van der Waals surface area contributed by atoms with Crippen LogP contribution in [0.3, 0.4) is 0 Å². The molecule has 5 nitrogen and oxygen atoms in total. The summed E-state index contributed by atoms with van der Waals surface area (Å²) in [6.07, 6.45) is 3.69. The van der Waals surface area contributed by atoms with Crippen LogP contribution in [-0.2, 0) is 0 Å². The SMILES string of the molecule is O=C(NC1CC1)c1ccnc(Nc2ccccc2Br)n1. The van der Waals surface area contributed by atoms with Gasteiger partial charge in [-0.1, -0.05) is 12.1 Å². The number of amides is 1. The Kier molecular flexibility index (Phi) is 3.64. The van der Waals surface area contributed by atoms with E-state index in [1.165, 1.54) is 0 Å². The van der Waals surface area contributed by atoms with Gasteiger partial charge in [0.15, 0.2) is 0 Å². The number of rotatable bonds is 4. The van der Waals surface area contributed by atoms with Crippen molar-refractivity contribution in [3.05, 3.63) is 46.7 Å². The minimum atomic E-state index is -0.148. The van der Waals surface area contributed by atoms with Gasteiger partial charge in [-0.05, 0) is 47.0 Å². The number of halogens is 1. The Labute approximate surface area is 125 Å². The van der Waals surface area contributed by atoms with E-state index >= 15 is 0 Å². The van der Waals surface area contributed by atoms with Gasteiger partial charge in [0, 0.05) is 16.7 Å². The van der Waals surface area contributed by atoms with Gasteiger partial charge in [-0.25, -0.2) is 9.97 Å². The Balaban J connectivity index is 1.77. The zero-order chi connectivity index (χ0) is 13.9. The van der Waals surface area contributed by atoms with Crippen LogP contribution in [0.25, 0.3) is 0 Å². The van der Waals surface area contributed by atoms with E-state index in [0.29, 0.717) is 17.7 Å². The molecule has 1 heterocycles. The summed E-state index contributed by atoms with van der Waals surface area (Å²) < 4.78 is 0.913. The van der Waals surface area contributed by atoms with Crippen LogP contribution in [0.2, 0.25) is 0 Å². The second-order valence-corrected chi connectivity index (χ2v) is 5.47. The molecule has 2 N–H and O–H groups in total. The smallest absolute Gasteiger partial charge is 0.270 e. The maximum Gasteiger partial charge on any atom is 0.270 e. The van der Waals surface area contributed by atoms with Crippen LogP contribution in [0, 0.1) is 0 Å². The van der Waals surface area contributed by atoms with Gasteiger partial charge in [0.2, 0.25) is 5.95 Å². The summed E-state index contributed by atoms with van der Waals surface area (Å²) in [5, 5.41) is 5.99. The van der Waals surface area contributed by atoms with Crippen LogP contribution in [0.1, 0.15) is 23.3 Å². The lowest BCUT2D eigenvalue weighted by atomic mass is 10.3. The van der Waals surface area contributed by atoms with E-state index in [2.05, 4.69) is 36.5 Å². The number of hydrogen-bond donors (Lipinski definition) is 2. The Morgan fingerprint density at radius 3 is 2.80 bits per heavy atom. The highest BCUT2D eigenvalue weighted by molar-refractivity contribution is 9.10. The minimum Gasteiger partial charge on any atom is -0.348 e. The van der Waals surface area contributed by atoms with E-state index in [-0.39, 0.29) is 5.91 Å². The van der Waals surface area contributed by atoms with Crippen LogP contribution in [0.15, 0.2) is 41.0 Å². The largest absolute Gasteiger partial charge is 0.348 e. The molecule has 20 heavy (non-hydrogen) atoms. The van der Waals surface area contributed by atoms with Crippen molar-refractivity contribution in [3.8, 4) is 0 Å². The quantitative estimate of drug-likeness (QED) is 0.903. The van der Waals surface area contributed by atoms with Crippen molar-refractivity contribution in [2.75, 3.05) is 5.32 Å². The monoisotopic (exact) mass is 332 g/mol. The Morgan fingerprint density at radius 1 is 1.25 bits per heavy atom. The van der Waals surface area contributed by atoms with Crippen molar-refractivity contribution >= 4 is 33.5 Å². The Morgan fingerprint density at radius 2 is 2.05 bits per heavy atom. The molecule has 0 unspecified atom stereocenters. The topological polar surface area (TPSA) is 66.9 Å². The molecule has 0 spiro atoms. The van der Waals surface area contributed by atoms with Gasteiger partial charge in [0.25, 0.3) is 5.91 Å². The van der Waals surface area contributed by atoms with Gasteiger partial charge < -0.3 is 10.6 Å². The lowest BCUT2D eigenvalue weighted by Crippen LogP contribution is -2.26. The number of benzene rings is 1. The fourth-order valence-electron chi connectivity index (χ4n) is 1.72. The van der Waals surface area contributed by atoms with Crippen LogP contribution in [0.5, 0.6) is 0 Å². The number of para-hydroxylation sites is 1. The number of hydrogen-bond acceptors (Lipinski definition) is 4. The summed E-state index contributed by atoms with van der Waals surface area (Å²) in [7, 11) is 0. The van der Waals surface area contributed by atoms with Gasteiger partial charge in [-0.3, -0.25) is 4.79 Å². The normalized spacial score (nSPS) is 13.8. The van der Waals surface area contributed by atoms with Gasteiger partial charge in [-0.2, -0.15) is 0 Å². The van der Waals surface area contributed by atoms with Crippen molar-refractivity contribution in [1.29, 1.82) is 0 Å². The molecule has 1 aromatic carbocycles. The van der Waals surface area contributed by atoms with Gasteiger partial charge in [0.1, 0.15) is 5.69 Å². The molecule has 1 aromatic heterocycles. The van der Waals surface area contributed by atoms with Crippen molar-refractivity contribution in [3.63, 3.8) is 0 Å². The molecule has 3 rings (SSSR count). The Hall–Kier alpha value is -1.95. The molecule has 0 aliphatic heterocycles. The first-order valence-electron chi connectivity index (χ1n) is 6.38. The lowest BCUT2D eigenvalue weighted by molar-refractivity contribution is 0.0946. The number of carbonyl (C=O) groups is 1. The zero-order valence-corrected chi connectivity index (χ0v) is 12.2. The minimum absolute atomic E-state index is 0.148. The van der Waals surface area contributed by atoms with E-state index in [1.807, 2.05) is 24.3 Å². The van der Waals surface area contributed by atoms with Crippen molar-refractivity contribution in [2.24, 2.45) is 0 Å². The molecule has 2 aromatic rings. The molecule has 0 radical (unpaired) electrons. The molecule has 102 valence electrons. The third-order valence-electron chi connectivity index (χ3n) is 2.92. The van der Waals surface area contributed by atoms with Crippen LogP contribution < -0.4 is 10.6 Å². The van der Waals surface area contributed by atoms with Crippen molar-refractivity contribution in [1.82, 2.24) is 15.3 Å². The number of anilines is 2. The summed E-state index contributed by atoms with van der Waals surface area (Å²) in [5.74, 6) is 0.255. The highest BCUT2D eigenvalue weighted by Gasteiger charge is 2.24. The first-order valence-corrected chi connectivity index (χ1v) is 7.17. The fourth-order valence-corrected chi connectivity index (χ4v) is 2.10. The average Bonchev–Trinajstić information content (AvgIpc) is 3.26. The maximum absolute atomic E-state index is 11.9. The molecule has 1 fully saturated rings. The number of carbonyl (C=O) groups excluding carboxylic acids is 1. The lowest BCUT2D eigenvalue weighted by Gasteiger charge is -2.08. The molecular weight excluding hydrogens is 320 g/mol. The van der Waals surface area contributed by atoms with E-state index in [9.17, 15) is 4.79 Å². The van der Waals surface area contributed by atoms with Crippen molar-refractivity contribution < 1.29 is 4.79 Å². The fraction of sp³-hybridized carbons (Fsp3) is 0.214. The summed E-state index contributed by atoms with van der Waals surface area (Å²) in [4.78, 5) is 20.3. The van der Waals surface area contributed by atoms with E-state index < -0.39 is 0 Å². The third-order valence-corrected chi connectivity index (χ3v) is 3.61. The average molecular weight is 333 g/mol. The predicted molar refractivity (Wildman–Crippen MR) is 79.9 cm³/mol. The van der Waals surface area contributed by atoms with Gasteiger partial charge in [-0.15, -0.1) is 0 Å². The van der Waals surface area contributed by atoms with Crippen LogP contribution in [-0.4, -0.2) is 21.9 Å². The second kappa shape index (κ2) is 5.58. The molecule has 0 bridgehead atoms. The van der Waals surface area contributed by atoms with Crippen LogP contribution in [0.4, 0.5) is 11.6 Å². The highest BCUT2D eigenvalue weighted by atomic mass is 79.9. The molecule has 0 atom stereocenters. The first-order chi connectivity index (χ1) is 9.72. The summed E-state index contributed by atoms with van der Waals surface area (Å²) in [5.41, 5.74) is 1.23. The van der Waals surface area contributed by atoms with E-state index in [1.54, 1.807) is 12.3 Å². The first kappa shape index (κ1) is 13.1. The van der Waals surface area contributed by atoms with E-state index in [4.69, 9.17) is 0 Å². The molecule has 6 heteroatoms. The molecule has 1 saturated carbocycles. The number of aromatic nitrogens is 2. The zero-order valence-electron chi connectivity index (χ0n) is 10.6. The molecule has 1 amide bonds.